The van der Waals surface area contributed by atoms with Crippen molar-refractivity contribution < 1.29 is 14.6 Å². The summed E-state index contributed by atoms with van der Waals surface area (Å²) in [4.78, 5) is 11.7. The average Bonchev–Trinajstić information content (AvgIpc) is 2.21. The molecule has 1 N–H and O–H groups in total. The molecule has 0 saturated heterocycles. The Morgan fingerprint density at radius 1 is 1.47 bits per heavy atom. The second kappa shape index (κ2) is 4.51. The van der Waals surface area contributed by atoms with Crippen LogP contribution in [0.1, 0.15) is 40.0 Å². The van der Waals surface area contributed by atoms with Crippen LogP contribution in [-0.2, 0) is 9.53 Å². The lowest BCUT2D eigenvalue weighted by Gasteiger charge is -2.21. The van der Waals surface area contributed by atoms with Gasteiger partial charge in [0.15, 0.2) is 0 Å². The maximum Gasteiger partial charge on any atom is 0.316 e. The number of ether oxygens (including phenoxy) is 1. The van der Waals surface area contributed by atoms with E-state index in [0.717, 1.165) is 6.42 Å². The predicted octanol–water partition coefficient (Wildman–Crippen LogP) is 3.09. The highest BCUT2D eigenvalue weighted by Gasteiger charge is 2.28. The van der Waals surface area contributed by atoms with E-state index in [9.17, 15) is 4.79 Å². The first-order valence-electron chi connectivity index (χ1n) is 5.26. The van der Waals surface area contributed by atoms with Crippen molar-refractivity contribution in [2.24, 2.45) is 5.41 Å². The number of carbonyl (C=O) groups is 1. The SMILES string of the molecule is CCC(C)(C)C(=O)OC1=CC=C(O)CC1. The quantitative estimate of drug-likeness (QED) is 0.728. The number of hydrogen-bond donors (Lipinski definition) is 1. The third-order valence-electron chi connectivity index (χ3n) is 2.75. The summed E-state index contributed by atoms with van der Waals surface area (Å²) < 4.78 is 5.26. The van der Waals surface area contributed by atoms with E-state index in [1.807, 2.05) is 20.8 Å². The minimum Gasteiger partial charge on any atom is -0.512 e. The number of aliphatic hydroxyl groups is 1. The molecule has 3 nitrogen and oxygen atoms in total. The molecule has 0 unspecified atom stereocenters. The fraction of sp³-hybridized carbons (Fsp3) is 0.583. The van der Waals surface area contributed by atoms with Gasteiger partial charge in [0.05, 0.1) is 11.2 Å². The molecular weight excluding hydrogens is 192 g/mol. The summed E-state index contributed by atoms with van der Waals surface area (Å²) in [7, 11) is 0. The molecule has 0 spiro atoms. The first-order chi connectivity index (χ1) is 6.95. The highest BCUT2D eigenvalue weighted by atomic mass is 16.5. The maximum absolute atomic E-state index is 11.7. The molecule has 15 heavy (non-hydrogen) atoms. The molecule has 0 aliphatic heterocycles. The van der Waals surface area contributed by atoms with Crippen LogP contribution in [0, 0.1) is 5.41 Å². The summed E-state index contributed by atoms with van der Waals surface area (Å²) in [5.41, 5.74) is -0.440. The number of aliphatic hydroxyl groups excluding tert-OH is 1. The lowest BCUT2D eigenvalue weighted by molar-refractivity contribution is -0.149. The Labute approximate surface area is 90.4 Å². The molecule has 1 aliphatic rings. The van der Waals surface area contributed by atoms with Crippen LogP contribution in [0.25, 0.3) is 0 Å². The molecule has 0 saturated carbocycles. The largest absolute Gasteiger partial charge is 0.512 e. The molecule has 84 valence electrons. The fourth-order valence-corrected chi connectivity index (χ4v) is 1.09. The van der Waals surface area contributed by atoms with Gasteiger partial charge in [0, 0.05) is 12.8 Å². The first kappa shape index (κ1) is 11.8. The minimum atomic E-state index is -0.440. The van der Waals surface area contributed by atoms with Gasteiger partial charge in [0.2, 0.25) is 0 Å². The zero-order chi connectivity index (χ0) is 11.5. The van der Waals surface area contributed by atoms with Crippen LogP contribution in [0.15, 0.2) is 23.7 Å². The van der Waals surface area contributed by atoms with Gasteiger partial charge in [-0.3, -0.25) is 4.79 Å². The number of carbonyl (C=O) groups excluding carboxylic acids is 1. The van der Waals surface area contributed by atoms with Crippen molar-refractivity contribution in [1.82, 2.24) is 0 Å². The smallest absolute Gasteiger partial charge is 0.316 e. The van der Waals surface area contributed by atoms with Crippen LogP contribution in [-0.4, -0.2) is 11.1 Å². The van der Waals surface area contributed by atoms with Gasteiger partial charge < -0.3 is 9.84 Å². The van der Waals surface area contributed by atoms with Gasteiger partial charge in [-0.15, -0.1) is 0 Å². The molecule has 0 heterocycles. The Hall–Kier alpha value is -1.25. The summed E-state index contributed by atoms with van der Waals surface area (Å²) in [6.45, 7) is 5.69. The second-order valence-corrected chi connectivity index (χ2v) is 4.42. The van der Waals surface area contributed by atoms with Crippen LogP contribution < -0.4 is 0 Å². The minimum absolute atomic E-state index is 0.203. The van der Waals surface area contributed by atoms with E-state index >= 15 is 0 Å². The van der Waals surface area contributed by atoms with Crippen LogP contribution in [0.4, 0.5) is 0 Å². The molecule has 0 fully saturated rings. The van der Waals surface area contributed by atoms with E-state index in [1.54, 1.807) is 12.2 Å². The number of rotatable bonds is 3. The standard InChI is InChI=1S/C12H18O3/c1-4-12(2,3)11(14)15-10-7-5-9(13)6-8-10/h5,7,13H,4,6,8H2,1-3H3. The Kier molecular flexibility index (Phi) is 3.56. The van der Waals surface area contributed by atoms with E-state index in [1.165, 1.54) is 0 Å². The van der Waals surface area contributed by atoms with Crippen LogP contribution in [0.5, 0.6) is 0 Å². The molecule has 0 aromatic heterocycles. The van der Waals surface area contributed by atoms with Crippen LogP contribution in [0.3, 0.4) is 0 Å². The summed E-state index contributed by atoms with van der Waals surface area (Å²) in [6.07, 6.45) is 5.12. The highest BCUT2D eigenvalue weighted by molar-refractivity contribution is 5.76. The van der Waals surface area contributed by atoms with Gasteiger partial charge in [-0.1, -0.05) is 6.92 Å². The fourth-order valence-electron chi connectivity index (χ4n) is 1.09. The Morgan fingerprint density at radius 2 is 2.13 bits per heavy atom. The van der Waals surface area contributed by atoms with Crippen molar-refractivity contribution in [3.8, 4) is 0 Å². The molecule has 0 aromatic rings. The third kappa shape index (κ3) is 3.11. The maximum atomic E-state index is 11.7. The zero-order valence-electron chi connectivity index (χ0n) is 9.54. The van der Waals surface area contributed by atoms with Crippen molar-refractivity contribution in [2.45, 2.75) is 40.0 Å². The van der Waals surface area contributed by atoms with E-state index in [-0.39, 0.29) is 5.97 Å². The van der Waals surface area contributed by atoms with Crippen LogP contribution >= 0.6 is 0 Å². The van der Waals surface area contributed by atoms with Gasteiger partial charge in [0.25, 0.3) is 0 Å². The Bertz CT molecular complexity index is 311. The lowest BCUT2D eigenvalue weighted by atomic mass is 9.90. The van der Waals surface area contributed by atoms with E-state index < -0.39 is 5.41 Å². The van der Waals surface area contributed by atoms with Gasteiger partial charge in [-0.05, 0) is 32.4 Å². The molecule has 1 rings (SSSR count). The van der Waals surface area contributed by atoms with Gasteiger partial charge in [0.1, 0.15) is 5.76 Å². The lowest BCUT2D eigenvalue weighted by Crippen LogP contribution is -2.25. The van der Waals surface area contributed by atoms with Gasteiger partial charge >= 0.3 is 5.97 Å². The Morgan fingerprint density at radius 3 is 2.60 bits per heavy atom. The Balaban J connectivity index is 2.60. The monoisotopic (exact) mass is 210 g/mol. The molecule has 0 bridgehead atoms. The molecule has 0 aromatic carbocycles. The number of esters is 1. The van der Waals surface area contributed by atoms with Crippen LogP contribution in [0.2, 0.25) is 0 Å². The van der Waals surface area contributed by atoms with Gasteiger partial charge in [-0.25, -0.2) is 0 Å². The first-order valence-corrected chi connectivity index (χ1v) is 5.26. The number of hydrogen-bond acceptors (Lipinski definition) is 3. The number of allylic oxidation sites excluding steroid dienone is 4. The zero-order valence-corrected chi connectivity index (χ0v) is 9.54. The summed E-state index contributed by atoms with van der Waals surface area (Å²) in [5, 5.41) is 9.14. The molecular formula is C12H18O3. The van der Waals surface area contributed by atoms with Crippen molar-refractivity contribution >= 4 is 5.97 Å². The molecule has 3 heteroatoms. The van der Waals surface area contributed by atoms with Crippen molar-refractivity contribution in [1.29, 1.82) is 0 Å². The topological polar surface area (TPSA) is 46.5 Å². The predicted molar refractivity (Wildman–Crippen MR) is 58.2 cm³/mol. The van der Waals surface area contributed by atoms with Gasteiger partial charge in [-0.2, -0.15) is 0 Å². The summed E-state index contributed by atoms with van der Waals surface area (Å²) in [6, 6.07) is 0. The summed E-state index contributed by atoms with van der Waals surface area (Å²) in [5.74, 6) is 0.773. The third-order valence-corrected chi connectivity index (χ3v) is 2.75. The van der Waals surface area contributed by atoms with Crippen molar-refractivity contribution in [3.63, 3.8) is 0 Å². The molecule has 1 aliphatic carbocycles. The molecule has 0 radical (unpaired) electrons. The van der Waals surface area contributed by atoms with Crippen molar-refractivity contribution in [2.75, 3.05) is 0 Å². The molecule has 0 atom stereocenters. The second-order valence-electron chi connectivity index (χ2n) is 4.42. The molecule has 0 amide bonds. The van der Waals surface area contributed by atoms with E-state index in [0.29, 0.717) is 24.4 Å². The van der Waals surface area contributed by atoms with Crippen molar-refractivity contribution in [3.05, 3.63) is 23.7 Å². The summed E-state index contributed by atoms with van der Waals surface area (Å²) >= 11 is 0. The average molecular weight is 210 g/mol. The van der Waals surface area contributed by atoms with E-state index in [2.05, 4.69) is 0 Å². The normalized spacial score (nSPS) is 16.7. The van der Waals surface area contributed by atoms with E-state index in [4.69, 9.17) is 9.84 Å². The highest BCUT2D eigenvalue weighted by Crippen LogP contribution is 2.25.